The Balaban J connectivity index is 2.98. The van der Waals surface area contributed by atoms with Crippen molar-refractivity contribution in [2.45, 2.75) is 77.9 Å². The summed E-state index contributed by atoms with van der Waals surface area (Å²) in [5, 5.41) is 0. The molecular weight excluding hydrogens is 186 g/mol. The third-order valence-corrected chi connectivity index (χ3v) is 2.65. The van der Waals surface area contributed by atoms with Crippen molar-refractivity contribution in [1.82, 2.24) is 0 Å². The van der Waals surface area contributed by atoms with Gasteiger partial charge in [-0.05, 0) is 12.8 Å². The smallest absolute Gasteiger partial charge is 0.105 e. The van der Waals surface area contributed by atoms with E-state index < -0.39 is 0 Å². The minimum atomic E-state index is -0.0323. The molecule has 0 heterocycles. The van der Waals surface area contributed by atoms with Crippen LogP contribution in [0.25, 0.3) is 0 Å². The van der Waals surface area contributed by atoms with Gasteiger partial charge in [-0.25, -0.2) is 0 Å². The molecule has 15 heavy (non-hydrogen) atoms. The topological polar surface area (TPSA) is 35.2 Å². The molecule has 0 aromatic heterocycles. The monoisotopic (exact) mass is 215 g/mol. The van der Waals surface area contributed by atoms with Crippen molar-refractivity contribution in [3.8, 4) is 0 Å². The standard InChI is InChI=1S/C13H29NO/c1-3-5-6-7-8-9-10-12-15-13(14)11-4-2/h13H,3-12,14H2,1-2H3. The molecule has 0 aliphatic carbocycles. The van der Waals surface area contributed by atoms with E-state index in [0.29, 0.717) is 0 Å². The van der Waals surface area contributed by atoms with Crippen molar-refractivity contribution in [1.29, 1.82) is 0 Å². The first kappa shape index (κ1) is 14.9. The van der Waals surface area contributed by atoms with Gasteiger partial charge in [-0.15, -0.1) is 0 Å². The van der Waals surface area contributed by atoms with Crippen LogP contribution in [0.4, 0.5) is 0 Å². The second kappa shape index (κ2) is 12.0. The van der Waals surface area contributed by atoms with E-state index in [0.717, 1.165) is 19.4 Å². The van der Waals surface area contributed by atoms with E-state index in [1.54, 1.807) is 0 Å². The Bertz CT molecular complexity index is 117. The molecule has 0 aliphatic heterocycles. The van der Waals surface area contributed by atoms with Crippen molar-refractivity contribution < 1.29 is 4.74 Å². The Morgan fingerprint density at radius 2 is 1.47 bits per heavy atom. The molecule has 0 saturated heterocycles. The number of ether oxygens (including phenoxy) is 1. The Hall–Kier alpha value is -0.0800. The van der Waals surface area contributed by atoms with Crippen LogP contribution in [0.15, 0.2) is 0 Å². The Kier molecular flexibility index (Phi) is 11.9. The van der Waals surface area contributed by atoms with E-state index in [-0.39, 0.29) is 6.23 Å². The predicted octanol–water partition coefficient (Wildman–Crippen LogP) is 3.84. The van der Waals surface area contributed by atoms with E-state index in [2.05, 4.69) is 13.8 Å². The van der Waals surface area contributed by atoms with Crippen LogP contribution in [0.1, 0.15) is 71.6 Å². The maximum Gasteiger partial charge on any atom is 0.105 e. The first-order chi connectivity index (χ1) is 7.31. The minimum absolute atomic E-state index is 0.0323. The Morgan fingerprint density at radius 1 is 0.867 bits per heavy atom. The molecule has 0 radical (unpaired) electrons. The summed E-state index contributed by atoms with van der Waals surface area (Å²) >= 11 is 0. The van der Waals surface area contributed by atoms with Gasteiger partial charge in [0, 0.05) is 6.61 Å². The highest BCUT2D eigenvalue weighted by Gasteiger charge is 1.99. The van der Waals surface area contributed by atoms with Gasteiger partial charge in [-0.1, -0.05) is 58.8 Å². The van der Waals surface area contributed by atoms with Gasteiger partial charge in [0.2, 0.25) is 0 Å². The quantitative estimate of drug-likeness (QED) is 0.420. The van der Waals surface area contributed by atoms with Crippen molar-refractivity contribution in [2.75, 3.05) is 6.61 Å². The molecule has 0 bridgehead atoms. The first-order valence-electron chi connectivity index (χ1n) is 6.68. The molecule has 2 heteroatoms. The molecule has 2 N–H and O–H groups in total. The van der Waals surface area contributed by atoms with E-state index >= 15 is 0 Å². The van der Waals surface area contributed by atoms with Gasteiger partial charge in [0.15, 0.2) is 0 Å². The summed E-state index contributed by atoms with van der Waals surface area (Å²) in [6.07, 6.45) is 11.4. The van der Waals surface area contributed by atoms with Crippen LogP contribution >= 0.6 is 0 Å². The summed E-state index contributed by atoms with van der Waals surface area (Å²) in [5.41, 5.74) is 5.74. The van der Waals surface area contributed by atoms with Gasteiger partial charge >= 0.3 is 0 Å². The highest BCUT2D eigenvalue weighted by molar-refractivity contribution is 4.48. The number of unbranched alkanes of at least 4 members (excludes halogenated alkanes) is 6. The van der Waals surface area contributed by atoms with Crippen LogP contribution in [-0.2, 0) is 4.74 Å². The number of rotatable bonds is 11. The predicted molar refractivity (Wildman–Crippen MR) is 66.8 cm³/mol. The molecule has 2 nitrogen and oxygen atoms in total. The zero-order valence-electron chi connectivity index (χ0n) is 10.6. The second-order valence-corrected chi connectivity index (χ2v) is 4.32. The molecule has 0 spiro atoms. The van der Waals surface area contributed by atoms with Gasteiger partial charge in [0.25, 0.3) is 0 Å². The van der Waals surface area contributed by atoms with Gasteiger partial charge < -0.3 is 10.5 Å². The summed E-state index contributed by atoms with van der Waals surface area (Å²) < 4.78 is 5.49. The van der Waals surface area contributed by atoms with Crippen molar-refractivity contribution >= 4 is 0 Å². The SMILES string of the molecule is CCCCCCCCCOC(N)CCC. The summed E-state index contributed by atoms with van der Waals surface area (Å²) in [4.78, 5) is 0. The number of hydrogen-bond donors (Lipinski definition) is 1. The Morgan fingerprint density at radius 3 is 2.07 bits per heavy atom. The molecule has 0 aliphatic rings. The normalized spacial score (nSPS) is 13.0. The molecule has 1 atom stereocenters. The average Bonchev–Trinajstić information content (AvgIpc) is 2.22. The largest absolute Gasteiger partial charge is 0.364 e. The van der Waals surface area contributed by atoms with Crippen LogP contribution in [0.2, 0.25) is 0 Å². The zero-order chi connectivity index (χ0) is 11.4. The highest BCUT2D eigenvalue weighted by atomic mass is 16.5. The lowest BCUT2D eigenvalue weighted by molar-refractivity contribution is 0.0488. The molecule has 0 rings (SSSR count). The maximum absolute atomic E-state index is 5.74. The third-order valence-electron chi connectivity index (χ3n) is 2.65. The lowest BCUT2D eigenvalue weighted by Gasteiger charge is -2.11. The average molecular weight is 215 g/mol. The van der Waals surface area contributed by atoms with Crippen LogP contribution in [-0.4, -0.2) is 12.8 Å². The third kappa shape index (κ3) is 11.8. The fourth-order valence-electron chi connectivity index (χ4n) is 1.66. The molecule has 0 saturated carbocycles. The number of nitrogens with two attached hydrogens (primary N) is 1. The second-order valence-electron chi connectivity index (χ2n) is 4.32. The molecule has 0 aromatic carbocycles. The van der Waals surface area contributed by atoms with E-state index in [1.165, 1.54) is 44.9 Å². The molecule has 0 fully saturated rings. The summed E-state index contributed by atoms with van der Waals surface area (Å²) in [7, 11) is 0. The zero-order valence-corrected chi connectivity index (χ0v) is 10.6. The van der Waals surface area contributed by atoms with Crippen LogP contribution in [0.5, 0.6) is 0 Å². The first-order valence-corrected chi connectivity index (χ1v) is 6.68. The summed E-state index contributed by atoms with van der Waals surface area (Å²) in [5.74, 6) is 0. The Labute approximate surface area is 95.6 Å². The molecule has 92 valence electrons. The summed E-state index contributed by atoms with van der Waals surface area (Å²) in [6.45, 7) is 5.23. The highest BCUT2D eigenvalue weighted by Crippen LogP contribution is 2.07. The van der Waals surface area contributed by atoms with Crippen molar-refractivity contribution in [2.24, 2.45) is 5.73 Å². The fraction of sp³-hybridized carbons (Fsp3) is 1.00. The minimum Gasteiger partial charge on any atom is -0.364 e. The molecule has 1 unspecified atom stereocenters. The van der Waals surface area contributed by atoms with Gasteiger partial charge in [-0.2, -0.15) is 0 Å². The fourth-order valence-corrected chi connectivity index (χ4v) is 1.66. The molecule has 0 amide bonds. The van der Waals surface area contributed by atoms with Gasteiger partial charge in [0.05, 0.1) is 0 Å². The van der Waals surface area contributed by atoms with Crippen molar-refractivity contribution in [3.05, 3.63) is 0 Å². The van der Waals surface area contributed by atoms with E-state index in [4.69, 9.17) is 10.5 Å². The van der Waals surface area contributed by atoms with E-state index in [9.17, 15) is 0 Å². The van der Waals surface area contributed by atoms with Crippen LogP contribution < -0.4 is 5.73 Å². The van der Waals surface area contributed by atoms with E-state index in [1.807, 2.05) is 0 Å². The van der Waals surface area contributed by atoms with Crippen LogP contribution in [0, 0.1) is 0 Å². The molecular formula is C13H29NO. The van der Waals surface area contributed by atoms with Crippen molar-refractivity contribution in [3.63, 3.8) is 0 Å². The lowest BCUT2D eigenvalue weighted by Crippen LogP contribution is -2.23. The molecule has 0 aromatic rings. The lowest BCUT2D eigenvalue weighted by atomic mass is 10.1. The maximum atomic E-state index is 5.74. The van der Waals surface area contributed by atoms with Gasteiger partial charge in [-0.3, -0.25) is 0 Å². The van der Waals surface area contributed by atoms with Crippen LogP contribution in [0.3, 0.4) is 0 Å². The number of hydrogen-bond acceptors (Lipinski definition) is 2. The van der Waals surface area contributed by atoms with Gasteiger partial charge in [0.1, 0.15) is 6.23 Å². The summed E-state index contributed by atoms with van der Waals surface area (Å²) in [6, 6.07) is 0.